The number of rotatable bonds is 7. The van der Waals surface area contributed by atoms with Gasteiger partial charge in [-0.1, -0.05) is 97.1 Å². The Balaban J connectivity index is 1.36. The van der Waals surface area contributed by atoms with Crippen molar-refractivity contribution < 1.29 is 0 Å². The summed E-state index contributed by atoms with van der Waals surface area (Å²) in [5.41, 5.74) is 10.6. The molecule has 298 valence electrons. The summed E-state index contributed by atoms with van der Waals surface area (Å²) in [5, 5.41) is 52.6. The van der Waals surface area contributed by atoms with E-state index in [1.165, 1.54) is 0 Å². The second-order valence-corrected chi connectivity index (χ2v) is 15.3. The number of nitrogens with zero attached hydrogens (tertiary/aromatic N) is 9. The Bertz CT molecular complexity index is 3540. The fourth-order valence-electron chi connectivity index (χ4n) is 8.34. The van der Waals surface area contributed by atoms with E-state index in [0.29, 0.717) is 78.8 Å². The van der Waals surface area contributed by atoms with Crippen LogP contribution in [0.3, 0.4) is 0 Å². The van der Waals surface area contributed by atoms with Gasteiger partial charge in [-0.05, 0) is 101 Å². The molecule has 8 aromatic carbocycles. The number of para-hydroxylation sites is 1. The van der Waals surface area contributed by atoms with Gasteiger partial charge in [-0.3, -0.25) is 0 Å². The smallest absolute Gasteiger partial charge is 0.164 e. The zero-order chi connectivity index (χ0) is 44.4. The largest absolute Gasteiger partial charge is 0.308 e. The lowest BCUT2D eigenvalue weighted by Crippen LogP contribution is -2.04. The molecule has 65 heavy (non-hydrogen) atoms. The van der Waals surface area contributed by atoms with Crippen LogP contribution in [0.15, 0.2) is 176 Å². The minimum absolute atomic E-state index is 0.294. The van der Waals surface area contributed by atoms with Crippen LogP contribution in [0.4, 0.5) is 0 Å². The summed E-state index contributed by atoms with van der Waals surface area (Å²) < 4.78 is 2.16. The van der Waals surface area contributed by atoms with Gasteiger partial charge in [-0.2, -0.15) is 26.3 Å². The van der Waals surface area contributed by atoms with Crippen LogP contribution in [0, 0.1) is 56.7 Å². The first-order chi connectivity index (χ1) is 31.9. The molecule has 0 radical (unpaired) electrons. The number of hydrogen-bond donors (Lipinski definition) is 0. The topological polar surface area (TPSA) is 163 Å². The van der Waals surface area contributed by atoms with Crippen molar-refractivity contribution in [3.05, 3.63) is 204 Å². The SMILES string of the molecule is N#Cc1ccc(-c2ccc3c(c2)c2ccccc2n3-c2c(-c3cc(C#N)cc(C#N)c3)cc(-c3nc(-c4ccccc4)nc(-c4ccccc4)n3)cc2-c2cc(C#N)cc(C#N)c2)cc1. The summed E-state index contributed by atoms with van der Waals surface area (Å²) >= 11 is 0. The quantitative estimate of drug-likeness (QED) is 0.153. The molecule has 0 unspecified atom stereocenters. The standard InChI is InChI=1S/C56H29N9/c57-30-35-15-17-40(18-16-35)43-19-20-52-50(27-43)47-13-7-8-14-51(47)65(52)53-48(44-23-36(31-58)21-37(24-44)32-59)28-46(29-49(53)45-25-38(33-60)22-39(26-45)34-61)56-63-54(41-9-3-1-4-10-41)62-55(64-56)42-11-5-2-6-12-42/h1-29H. The minimum Gasteiger partial charge on any atom is -0.308 e. The Labute approximate surface area is 373 Å². The zero-order valence-corrected chi connectivity index (χ0v) is 34.3. The molecule has 0 saturated heterocycles. The van der Waals surface area contributed by atoms with Crippen LogP contribution in [0.5, 0.6) is 0 Å². The lowest BCUT2D eigenvalue weighted by atomic mass is 9.90. The van der Waals surface area contributed by atoms with Crippen molar-refractivity contribution in [2.45, 2.75) is 0 Å². The Kier molecular flexibility index (Phi) is 9.93. The number of aromatic nitrogens is 4. The molecule has 0 aliphatic heterocycles. The zero-order valence-electron chi connectivity index (χ0n) is 34.3. The molecule has 0 spiro atoms. The number of hydrogen-bond acceptors (Lipinski definition) is 8. The molecule has 0 saturated carbocycles. The van der Waals surface area contributed by atoms with Gasteiger partial charge in [0.15, 0.2) is 17.5 Å². The molecule has 0 bridgehead atoms. The molecule has 10 rings (SSSR count). The van der Waals surface area contributed by atoms with Crippen LogP contribution >= 0.6 is 0 Å². The molecule has 0 amide bonds. The molecule has 0 fully saturated rings. The molecule has 9 nitrogen and oxygen atoms in total. The van der Waals surface area contributed by atoms with Gasteiger partial charge in [0, 0.05) is 38.6 Å². The summed E-state index contributed by atoms with van der Waals surface area (Å²) in [6.07, 6.45) is 0. The van der Waals surface area contributed by atoms with E-state index in [9.17, 15) is 26.3 Å². The first-order valence-corrected chi connectivity index (χ1v) is 20.5. The Morgan fingerprint density at radius 3 is 1.23 bits per heavy atom. The van der Waals surface area contributed by atoms with Gasteiger partial charge < -0.3 is 4.57 Å². The van der Waals surface area contributed by atoms with E-state index in [1.54, 1.807) is 48.5 Å². The average Bonchev–Trinajstić information content (AvgIpc) is 3.71. The van der Waals surface area contributed by atoms with E-state index < -0.39 is 0 Å². The van der Waals surface area contributed by atoms with E-state index in [4.69, 9.17) is 15.0 Å². The van der Waals surface area contributed by atoms with Gasteiger partial charge in [0.1, 0.15) is 0 Å². The Morgan fingerprint density at radius 1 is 0.308 bits per heavy atom. The van der Waals surface area contributed by atoms with E-state index in [-0.39, 0.29) is 0 Å². The first-order valence-electron chi connectivity index (χ1n) is 20.5. The van der Waals surface area contributed by atoms with Crippen LogP contribution in [0.2, 0.25) is 0 Å². The minimum atomic E-state index is 0.294. The van der Waals surface area contributed by atoms with E-state index in [0.717, 1.165) is 44.1 Å². The van der Waals surface area contributed by atoms with Gasteiger partial charge in [-0.15, -0.1) is 0 Å². The Morgan fingerprint density at radius 2 is 0.738 bits per heavy atom. The predicted molar refractivity (Wildman–Crippen MR) is 250 cm³/mol. The summed E-state index contributed by atoms with van der Waals surface area (Å²) in [6, 6.07) is 66.4. The molecule has 0 N–H and O–H groups in total. The van der Waals surface area contributed by atoms with Crippen molar-refractivity contribution in [1.82, 2.24) is 19.5 Å². The van der Waals surface area contributed by atoms with Gasteiger partial charge in [0.25, 0.3) is 0 Å². The highest BCUT2D eigenvalue weighted by Gasteiger charge is 2.24. The van der Waals surface area contributed by atoms with Crippen LogP contribution in [0.1, 0.15) is 27.8 Å². The summed E-state index contributed by atoms with van der Waals surface area (Å²) in [7, 11) is 0. The third kappa shape index (κ3) is 7.25. The average molecular weight is 828 g/mol. The third-order valence-electron chi connectivity index (χ3n) is 11.3. The van der Waals surface area contributed by atoms with Crippen molar-refractivity contribution >= 4 is 21.8 Å². The molecule has 2 heterocycles. The van der Waals surface area contributed by atoms with Crippen molar-refractivity contribution in [3.8, 4) is 104 Å². The van der Waals surface area contributed by atoms with Crippen LogP contribution in [-0.4, -0.2) is 19.5 Å². The fraction of sp³-hybridized carbons (Fsp3) is 0. The fourth-order valence-corrected chi connectivity index (χ4v) is 8.34. The lowest BCUT2D eigenvalue weighted by Gasteiger charge is -2.21. The summed E-state index contributed by atoms with van der Waals surface area (Å²) in [6.45, 7) is 0. The predicted octanol–water partition coefficient (Wildman–Crippen LogP) is 12.3. The van der Waals surface area contributed by atoms with Crippen LogP contribution in [-0.2, 0) is 0 Å². The number of benzene rings is 8. The van der Waals surface area contributed by atoms with E-state index in [1.807, 2.05) is 109 Å². The molecule has 10 aromatic rings. The molecular weight excluding hydrogens is 799 g/mol. The molecule has 0 aliphatic rings. The maximum Gasteiger partial charge on any atom is 0.164 e. The molecular formula is C56H29N9. The molecule has 2 aromatic heterocycles. The first kappa shape index (κ1) is 39.2. The molecule has 0 atom stereocenters. The normalized spacial score (nSPS) is 10.7. The Hall–Kier alpha value is -9.98. The van der Waals surface area contributed by atoms with Gasteiger partial charge in [0.05, 0.1) is 74.9 Å². The summed E-state index contributed by atoms with van der Waals surface area (Å²) in [4.78, 5) is 15.1. The third-order valence-corrected chi connectivity index (χ3v) is 11.3. The van der Waals surface area contributed by atoms with Crippen LogP contribution in [0.25, 0.3) is 95.0 Å². The monoisotopic (exact) mass is 827 g/mol. The lowest BCUT2D eigenvalue weighted by molar-refractivity contribution is 1.07. The second kappa shape index (κ2) is 16.5. The number of fused-ring (bicyclic) bond motifs is 3. The van der Waals surface area contributed by atoms with Gasteiger partial charge >= 0.3 is 0 Å². The van der Waals surface area contributed by atoms with E-state index in [2.05, 4.69) is 53.1 Å². The van der Waals surface area contributed by atoms with Crippen molar-refractivity contribution in [2.75, 3.05) is 0 Å². The van der Waals surface area contributed by atoms with Crippen molar-refractivity contribution in [1.29, 1.82) is 26.3 Å². The van der Waals surface area contributed by atoms with Crippen LogP contribution < -0.4 is 0 Å². The molecule has 9 heteroatoms. The maximum absolute atomic E-state index is 10.3. The van der Waals surface area contributed by atoms with E-state index >= 15 is 0 Å². The number of nitriles is 5. The highest BCUT2D eigenvalue weighted by molar-refractivity contribution is 6.12. The summed E-state index contributed by atoms with van der Waals surface area (Å²) in [5.74, 6) is 1.27. The van der Waals surface area contributed by atoms with Crippen molar-refractivity contribution in [3.63, 3.8) is 0 Å². The van der Waals surface area contributed by atoms with Crippen molar-refractivity contribution in [2.24, 2.45) is 0 Å². The highest BCUT2D eigenvalue weighted by atomic mass is 15.0. The van der Waals surface area contributed by atoms with Gasteiger partial charge in [-0.25, -0.2) is 15.0 Å². The molecule has 0 aliphatic carbocycles. The highest BCUT2D eigenvalue weighted by Crippen LogP contribution is 2.45. The maximum atomic E-state index is 10.3. The second-order valence-electron chi connectivity index (χ2n) is 15.3. The van der Waals surface area contributed by atoms with Gasteiger partial charge in [0.2, 0.25) is 0 Å².